The molecule has 0 spiro atoms. The first kappa shape index (κ1) is 12.4. The smallest absolute Gasteiger partial charge is 0.131 e. The maximum absolute atomic E-state index is 10.1. The topological polar surface area (TPSA) is 53.3 Å². The third-order valence-electron chi connectivity index (χ3n) is 3.42. The minimum absolute atomic E-state index is 0.574. The fourth-order valence-corrected chi connectivity index (χ4v) is 2.60. The summed E-state index contributed by atoms with van der Waals surface area (Å²) in [6.07, 6.45) is 0.816. The number of anilines is 1. The summed E-state index contributed by atoms with van der Waals surface area (Å²) in [6.45, 7) is 6.32. The number of rotatable bonds is 3. The van der Waals surface area contributed by atoms with Gasteiger partial charge in [0.2, 0.25) is 0 Å². The number of hydrogen-bond donors (Lipinski definition) is 2. The number of hydrogen-bond acceptors (Lipinski definition) is 4. The van der Waals surface area contributed by atoms with Crippen LogP contribution in [0, 0.1) is 6.92 Å². The van der Waals surface area contributed by atoms with Crippen LogP contribution in [0.3, 0.4) is 0 Å². The van der Waals surface area contributed by atoms with Gasteiger partial charge in [0.25, 0.3) is 0 Å². The Morgan fingerprint density at radius 3 is 2.76 bits per heavy atom. The van der Waals surface area contributed by atoms with Crippen molar-refractivity contribution in [3.63, 3.8) is 0 Å². The third-order valence-corrected chi connectivity index (χ3v) is 3.42. The predicted octanol–water partition coefficient (Wildman–Crippen LogP) is 0.409. The Bertz CT molecular complexity index is 411. The molecule has 96 valence electrons. The SMILES string of the molecule is CNCc1c(C)nn(C)c1N1CCC(C)(O)C1. The molecule has 5 nitrogen and oxygen atoms in total. The quantitative estimate of drug-likeness (QED) is 0.801. The number of aromatic nitrogens is 2. The van der Waals surface area contributed by atoms with Gasteiger partial charge in [-0.05, 0) is 27.3 Å². The van der Waals surface area contributed by atoms with E-state index < -0.39 is 5.60 Å². The van der Waals surface area contributed by atoms with Crippen LogP contribution in [0.15, 0.2) is 0 Å². The van der Waals surface area contributed by atoms with Gasteiger partial charge in [0.1, 0.15) is 5.82 Å². The molecule has 1 atom stereocenters. The lowest BCUT2D eigenvalue weighted by molar-refractivity contribution is 0.0838. The molecule has 2 rings (SSSR count). The fraction of sp³-hybridized carbons (Fsp3) is 0.750. The third kappa shape index (κ3) is 2.30. The Hall–Kier alpha value is -1.07. The molecule has 1 saturated heterocycles. The molecule has 0 saturated carbocycles. The van der Waals surface area contributed by atoms with Crippen LogP contribution >= 0.6 is 0 Å². The van der Waals surface area contributed by atoms with Crippen molar-refractivity contribution in [1.29, 1.82) is 0 Å². The van der Waals surface area contributed by atoms with E-state index in [1.54, 1.807) is 0 Å². The largest absolute Gasteiger partial charge is 0.388 e. The number of nitrogens with one attached hydrogen (secondary N) is 1. The van der Waals surface area contributed by atoms with Gasteiger partial charge in [-0.1, -0.05) is 0 Å². The molecule has 1 aliphatic rings. The van der Waals surface area contributed by atoms with E-state index in [4.69, 9.17) is 0 Å². The van der Waals surface area contributed by atoms with E-state index in [1.165, 1.54) is 5.56 Å². The van der Waals surface area contributed by atoms with E-state index in [0.717, 1.165) is 31.0 Å². The molecule has 0 amide bonds. The van der Waals surface area contributed by atoms with Crippen molar-refractivity contribution >= 4 is 5.82 Å². The molecular weight excluding hydrogens is 216 g/mol. The van der Waals surface area contributed by atoms with Crippen molar-refractivity contribution in [2.24, 2.45) is 7.05 Å². The van der Waals surface area contributed by atoms with Crippen LogP contribution in [0.5, 0.6) is 0 Å². The van der Waals surface area contributed by atoms with Gasteiger partial charge in [-0.15, -0.1) is 0 Å². The molecule has 0 radical (unpaired) electrons. The van der Waals surface area contributed by atoms with E-state index in [9.17, 15) is 5.11 Å². The molecule has 0 aliphatic carbocycles. The van der Waals surface area contributed by atoms with Gasteiger partial charge < -0.3 is 15.3 Å². The zero-order chi connectivity index (χ0) is 12.6. The number of aryl methyl sites for hydroxylation is 2. The summed E-state index contributed by atoms with van der Waals surface area (Å²) in [7, 11) is 3.91. The van der Waals surface area contributed by atoms with Crippen LogP contribution in [0.25, 0.3) is 0 Å². The van der Waals surface area contributed by atoms with Gasteiger partial charge in [-0.25, -0.2) is 0 Å². The Balaban J connectivity index is 2.32. The zero-order valence-corrected chi connectivity index (χ0v) is 11.1. The Morgan fingerprint density at radius 2 is 2.24 bits per heavy atom. The molecule has 0 aromatic carbocycles. The van der Waals surface area contributed by atoms with Crippen molar-refractivity contribution in [3.8, 4) is 0 Å². The zero-order valence-electron chi connectivity index (χ0n) is 11.1. The summed E-state index contributed by atoms with van der Waals surface area (Å²) in [4.78, 5) is 2.23. The highest BCUT2D eigenvalue weighted by Gasteiger charge is 2.34. The molecule has 0 bridgehead atoms. The predicted molar refractivity (Wildman–Crippen MR) is 68.2 cm³/mol. The van der Waals surface area contributed by atoms with Gasteiger partial charge >= 0.3 is 0 Å². The molecule has 2 heterocycles. The van der Waals surface area contributed by atoms with Gasteiger partial charge in [0, 0.05) is 32.2 Å². The Labute approximate surface area is 102 Å². The first-order valence-corrected chi connectivity index (χ1v) is 6.09. The molecule has 17 heavy (non-hydrogen) atoms. The van der Waals surface area contributed by atoms with Gasteiger partial charge in [0.15, 0.2) is 0 Å². The minimum atomic E-state index is -0.574. The second kappa shape index (κ2) is 4.31. The number of aliphatic hydroxyl groups is 1. The molecular formula is C12H22N4O. The van der Waals surface area contributed by atoms with Crippen LogP contribution in [0.1, 0.15) is 24.6 Å². The minimum Gasteiger partial charge on any atom is -0.388 e. The summed E-state index contributed by atoms with van der Waals surface area (Å²) in [5, 5.41) is 17.7. The summed E-state index contributed by atoms with van der Waals surface area (Å²) in [5.74, 6) is 1.13. The summed E-state index contributed by atoms with van der Waals surface area (Å²) in [5.41, 5.74) is 1.71. The van der Waals surface area contributed by atoms with Crippen LogP contribution in [0.2, 0.25) is 0 Å². The fourth-order valence-electron chi connectivity index (χ4n) is 2.60. The molecule has 1 unspecified atom stereocenters. The summed E-state index contributed by atoms with van der Waals surface area (Å²) < 4.78 is 1.92. The Kier molecular flexibility index (Phi) is 3.14. The van der Waals surface area contributed by atoms with E-state index in [1.807, 2.05) is 32.6 Å². The lowest BCUT2D eigenvalue weighted by Gasteiger charge is -2.22. The maximum atomic E-state index is 10.1. The van der Waals surface area contributed by atoms with Crippen LogP contribution in [0.4, 0.5) is 5.82 Å². The van der Waals surface area contributed by atoms with Crippen LogP contribution < -0.4 is 10.2 Å². The van der Waals surface area contributed by atoms with E-state index in [-0.39, 0.29) is 0 Å². The first-order valence-electron chi connectivity index (χ1n) is 6.09. The second-order valence-electron chi connectivity index (χ2n) is 5.21. The lowest BCUT2D eigenvalue weighted by Crippen LogP contribution is -2.31. The van der Waals surface area contributed by atoms with Crippen molar-refractivity contribution < 1.29 is 5.11 Å². The standard InChI is InChI=1S/C12H22N4O/c1-9-10(7-13-3)11(15(4)14-9)16-6-5-12(2,17)8-16/h13,17H,5-8H2,1-4H3. The highest BCUT2D eigenvalue weighted by molar-refractivity contribution is 5.51. The average Bonchev–Trinajstić information content (AvgIpc) is 2.69. The monoisotopic (exact) mass is 238 g/mol. The van der Waals surface area contributed by atoms with E-state index in [0.29, 0.717) is 6.54 Å². The average molecular weight is 238 g/mol. The summed E-state index contributed by atoms with van der Waals surface area (Å²) >= 11 is 0. The molecule has 5 heteroatoms. The highest BCUT2D eigenvalue weighted by atomic mass is 16.3. The molecule has 1 fully saturated rings. The van der Waals surface area contributed by atoms with Gasteiger partial charge in [0.05, 0.1) is 11.3 Å². The van der Waals surface area contributed by atoms with Crippen molar-refractivity contribution in [1.82, 2.24) is 15.1 Å². The van der Waals surface area contributed by atoms with Crippen molar-refractivity contribution in [2.75, 3.05) is 25.0 Å². The van der Waals surface area contributed by atoms with Gasteiger partial charge in [-0.3, -0.25) is 4.68 Å². The van der Waals surface area contributed by atoms with E-state index >= 15 is 0 Å². The van der Waals surface area contributed by atoms with Crippen molar-refractivity contribution in [3.05, 3.63) is 11.3 Å². The normalized spacial score (nSPS) is 24.6. The second-order valence-corrected chi connectivity index (χ2v) is 5.21. The van der Waals surface area contributed by atoms with Gasteiger partial charge in [-0.2, -0.15) is 5.10 Å². The molecule has 1 aromatic heterocycles. The first-order chi connectivity index (χ1) is 7.94. The molecule has 2 N–H and O–H groups in total. The van der Waals surface area contributed by atoms with E-state index in [2.05, 4.69) is 15.3 Å². The lowest BCUT2D eigenvalue weighted by atomic mass is 10.1. The summed E-state index contributed by atoms with van der Waals surface area (Å²) in [6, 6.07) is 0. The maximum Gasteiger partial charge on any atom is 0.131 e. The number of β-amino-alcohol motifs (C(OH)–C–C–N with tert-alkyl or cyclic N) is 1. The molecule has 1 aliphatic heterocycles. The van der Waals surface area contributed by atoms with Crippen LogP contribution in [-0.2, 0) is 13.6 Å². The number of nitrogens with zero attached hydrogens (tertiary/aromatic N) is 3. The highest BCUT2D eigenvalue weighted by Crippen LogP contribution is 2.30. The van der Waals surface area contributed by atoms with Crippen molar-refractivity contribution in [2.45, 2.75) is 32.4 Å². The van der Waals surface area contributed by atoms with Crippen LogP contribution in [-0.4, -0.2) is 40.6 Å². The molecule has 1 aromatic rings. The Morgan fingerprint density at radius 1 is 1.53 bits per heavy atom.